The molecule has 0 fully saturated rings. The number of hydrogen-bond acceptors (Lipinski definition) is 5. The van der Waals surface area contributed by atoms with Crippen molar-refractivity contribution >= 4 is 21.6 Å². The summed E-state index contributed by atoms with van der Waals surface area (Å²) in [4.78, 5) is 22.5. The maximum Gasteiger partial charge on any atom is 0.260 e. The first-order valence-corrected chi connectivity index (χ1v) is 8.95. The molecule has 2 aliphatic rings. The Kier molecular flexibility index (Phi) is 2.97. The van der Waals surface area contributed by atoms with Gasteiger partial charge in [-0.3, -0.25) is 4.79 Å². The van der Waals surface area contributed by atoms with Crippen LogP contribution in [0, 0.1) is 5.92 Å². The van der Waals surface area contributed by atoms with Crippen molar-refractivity contribution in [3.05, 3.63) is 39.0 Å². The Morgan fingerprint density at radius 2 is 2.17 bits per heavy atom. The van der Waals surface area contributed by atoms with Gasteiger partial charge < -0.3 is 14.5 Å². The van der Waals surface area contributed by atoms with Gasteiger partial charge in [0, 0.05) is 10.4 Å². The van der Waals surface area contributed by atoms with E-state index in [4.69, 9.17) is 14.5 Å². The molecule has 0 unspecified atom stereocenters. The molecule has 5 rings (SSSR count). The Labute approximate surface area is 142 Å². The van der Waals surface area contributed by atoms with Crippen LogP contribution in [0.15, 0.2) is 23.0 Å². The second kappa shape index (κ2) is 5.08. The van der Waals surface area contributed by atoms with Gasteiger partial charge in [-0.1, -0.05) is 6.92 Å². The minimum Gasteiger partial charge on any atom is -0.454 e. The standard InChI is InChI=1S/C18H16N2O3S/c1-9-2-4-11-14(6-9)24-18-15(11)17(21)19-16(20-18)10-3-5-12-13(7-10)23-8-22-12/h3,5,7,9H,2,4,6,8H2,1H3,(H,19,20,21)/t9-/m1/s1. The quantitative estimate of drug-likeness (QED) is 0.736. The van der Waals surface area contributed by atoms with Crippen molar-refractivity contribution in [2.75, 3.05) is 6.79 Å². The number of aromatic nitrogens is 2. The summed E-state index contributed by atoms with van der Waals surface area (Å²) in [5.74, 6) is 2.67. The Morgan fingerprint density at radius 3 is 3.08 bits per heavy atom. The minimum atomic E-state index is -0.0419. The van der Waals surface area contributed by atoms with E-state index < -0.39 is 0 Å². The number of H-pyrrole nitrogens is 1. The lowest BCUT2D eigenvalue weighted by Gasteiger charge is -2.17. The topological polar surface area (TPSA) is 64.2 Å². The van der Waals surface area contributed by atoms with Gasteiger partial charge in [0.2, 0.25) is 6.79 Å². The van der Waals surface area contributed by atoms with Crippen LogP contribution in [-0.2, 0) is 12.8 Å². The number of ether oxygens (including phenoxy) is 2. The minimum absolute atomic E-state index is 0.0419. The largest absolute Gasteiger partial charge is 0.454 e. The summed E-state index contributed by atoms with van der Waals surface area (Å²) in [5, 5.41) is 0.784. The molecule has 3 heterocycles. The van der Waals surface area contributed by atoms with Gasteiger partial charge in [0.15, 0.2) is 11.5 Å². The van der Waals surface area contributed by atoms with Crippen molar-refractivity contribution in [2.24, 2.45) is 5.92 Å². The molecule has 3 aromatic rings. The van der Waals surface area contributed by atoms with Crippen molar-refractivity contribution < 1.29 is 9.47 Å². The zero-order valence-electron chi connectivity index (χ0n) is 13.2. The summed E-state index contributed by atoms with van der Waals surface area (Å²) in [6.07, 6.45) is 3.17. The second-order valence-electron chi connectivity index (χ2n) is 6.51. The number of thiophene rings is 1. The average Bonchev–Trinajstić information content (AvgIpc) is 3.17. The summed E-state index contributed by atoms with van der Waals surface area (Å²) in [6.45, 7) is 2.50. The van der Waals surface area contributed by atoms with Crippen LogP contribution in [0.2, 0.25) is 0 Å². The molecule has 1 aromatic carbocycles. The van der Waals surface area contributed by atoms with Crippen LogP contribution in [0.25, 0.3) is 21.6 Å². The van der Waals surface area contributed by atoms with Gasteiger partial charge in [0.05, 0.1) is 5.39 Å². The van der Waals surface area contributed by atoms with E-state index in [0.717, 1.165) is 40.8 Å². The molecule has 0 saturated heterocycles. The predicted molar refractivity (Wildman–Crippen MR) is 93.0 cm³/mol. The number of fused-ring (bicyclic) bond motifs is 4. The van der Waals surface area contributed by atoms with Crippen molar-refractivity contribution in [3.63, 3.8) is 0 Å². The van der Waals surface area contributed by atoms with Crippen LogP contribution in [0.4, 0.5) is 0 Å². The first-order valence-electron chi connectivity index (χ1n) is 8.13. The number of hydrogen-bond donors (Lipinski definition) is 1. The molecule has 2 aromatic heterocycles. The number of aryl methyl sites for hydroxylation is 1. The van der Waals surface area contributed by atoms with Crippen LogP contribution in [0.3, 0.4) is 0 Å². The Hall–Kier alpha value is -2.34. The highest BCUT2D eigenvalue weighted by atomic mass is 32.1. The average molecular weight is 340 g/mol. The highest BCUT2D eigenvalue weighted by Gasteiger charge is 2.23. The molecule has 0 bridgehead atoms. The van der Waals surface area contributed by atoms with Gasteiger partial charge >= 0.3 is 0 Å². The first-order chi connectivity index (χ1) is 11.7. The van der Waals surface area contributed by atoms with Gasteiger partial charge in [0.1, 0.15) is 10.7 Å². The predicted octanol–water partition coefficient (Wildman–Crippen LogP) is 3.51. The van der Waals surface area contributed by atoms with Crippen molar-refractivity contribution in [1.82, 2.24) is 9.97 Å². The highest BCUT2D eigenvalue weighted by molar-refractivity contribution is 7.18. The van der Waals surface area contributed by atoms with E-state index in [1.807, 2.05) is 18.2 Å². The zero-order valence-corrected chi connectivity index (χ0v) is 14.0. The Bertz CT molecular complexity index is 1020. The van der Waals surface area contributed by atoms with Gasteiger partial charge in [-0.25, -0.2) is 4.98 Å². The van der Waals surface area contributed by atoms with E-state index in [1.165, 1.54) is 10.4 Å². The summed E-state index contributed by atoms with van der Waals surface area (Å²) < 4.78 is 10.8. The van der Waals surface area contributed by atoms with Crippen LogP contribution in [-0.4, -0.2) is 16.8 Å². The summed E-state index contributed by atoms with van der Waals surface area (Å²) >= 11 is 1.66. The van der Waals surface area contributed by atoms with Crippen LogP contribution >= 0.6 is 11.3 Å². The van der Waals surface area contributed by atoms with Gasteiger partial charge in [0.25, 0.3) is 5.56 Å². The maximum absolute atomic E-state index is 12.7. The molecule has 122 valence electrons. The molecule has 1 atom stereocenters. The van der Waals surface area contributed by atoms with Crippen molar-refractivity contribution in [3.8, 4) is 22.9 Å². The fourth-order valence-corrected chi connectivity index (χ4v) is 4.91. The smallest absolute Gasteiger partial charge is 0.260 e. The molecule has 0 amide bonds. The van der Waals surface area contributed by atoms with Crippen LogP contribution < -0.4 is 15.0 Å². The third-order valence-corrected chi connectivity index (χ3v) is 5.96. The Balaban J connectivity index is 1.67. The normalized spacial score (nSPS) is 18.8. The van der Waals surface area contributed by atoms with Crippen molar-refractivity contribution in [2.45, 2.75) is 26.2 Å². The molecular weight excluding hydrogens is 324 g/mol. The second-order valence-corrected chi connectivity index (χ2v) is 7.60. The van der Waals surface area contributed by atoms with E-state index in [-0.39, 0.29) is 12.4 Å². The maximum atomic E-state index is 12.7. The lowest BCUT2D eigenvalue weighted by molar-refractivity contribution is 0.174. The van der Waals surface area contributed by atoms with E-state index >= 15 is 0 Å². The van der Waals surface area contributed by atoms with E-state index in [0.29, 0.717) is 17.5 Å². The van der Waals surface area contributed by atoms with E-state index in [2.05, 4.69) is 11.9 Å². The molecule has 24 heavy (non-hydrogen) atoms. The molecule has 1 aliphatic heterocycles. The SMILES string of the molecule is C[C@@H]1CCc2c(sc3nc(-c4ccc5c(c4)OCO5)[nH]c(=O)c23)C1. The molecule has 1 N–H and O–H groups in total. The monoisotopic (exact) mass is 340 g/mol. The van der Waals surface area contributed by atoms with E-state index in [9.17, 15) is 4.79 Å². The molecular formula is C18H16N2O3S. The summed E-state index contributed by atoms with van der Waals surface area (Å²) in [7, 11) is 0. The number of benzene rings is 1. The van der Waals surface area contributed by atoms with Gasteiger partial charge in [-0.15, -0.1) is 11.3 Å². The molecule has 0 saturated carbocycles. The van der Waals surface area contributed by atoms with Gasteiger partial charge in [-0.05, 0) is 48.9 Å². The highest BCUT2D eigenvalue weighted by Crippen LogP contribution is 2.38. The zero-order chi connectivity index (χ0) is 16.3. The first kappa shape index (κ1) is 14.0. The summed E-state index contributed by atoms with van der Waals surface area (Å²) in [6, 6.07) is 5.61. The third-order valence-electron chi connectivity index (χ3n) is 4.81. The number of nitrogens with one attached hydrogen (secondary N) is 1. The number of aromatic amines is 1. The lowest BCUT2D eigenvalue weighted by atomic mass is 9.89. The lowest BCUT2D eigenvalue weighted by Crippen LogP contribution is -2.13. The molecule has 6 heteroatoms. The fraction of sp³-hybridized carbons (Fsp3) is 0.333. The molecule has 5 nitrogen and oxygen atoms in total. The molecule has 0 spiro atoms. The van der Waals surface area contributed by atoms with Crippen molar-refractivity contribution in [1.29, 1.82) is 0 Å². The number of nitrogens with zero attached hydrogens (tertiary/aromatic N) is 1. The van der Waals surface area contributed by atoms with Crippen LogP contribution in [0.1, 0.15) is 23.8 Å². The third kappa shape index (κ3) is 2.06. The summed E-state index contributed by atoms with van der Waals surface area (Å²) in [5.41, 5.74) is 2.00. The molecule has 1 aliphatic carbocycles. The Morgan fingerprint density at radius 1 is 1.29 bits per heavy atom. The van der Waals surface area contributed by atoms with Gasteiger partial charge in [-0.2, -0.15) is 0 Å². The molecule has 0 radical (unpaired) electrons. The van der Waals surface area contributed by atoms with Crippen LogP contribution in [0.5, 0.6) is 11.5 Å². The number of rotatable bonds is 1. The van der Waals surface area contributed by atoms with E-state index in [1.54, 1.807) is 11.3 Å². The fourth-order valence-electron chi connectivity index (χ4n) is 3.53.